The standard InChI is InChI=1S/C38H25N5/c1-38(2)27-17-8-5-15-25(27)33-32-28(38)18-11-19-29(32)39-37(41-33)43-31-21-10-7-16-26(31)34-36(43)42-30-20-9-6-13-23(30)22-12-3-4-14-24(22)35(42)40-34/h3-21H,1-2H3. The first kappa shape index (κ1) is 23.1. The number of fused-ring (bicyclic) bond motifs is 12. The van der Waals surface area contributed by atoms with Gasteiger partial charge in [0.1, 0.15) is 11.2 Å². The monoisotopic (exact) mass is 551 g/mol. The van der Waals surface area contributed by atoms with Gasteiger partial charge >= 0.3 is 0 Å². The third-order valence-corrected chi connectivity index (χ3v) is 9.51. The van der Waals surface area contributed by atoms with Gasteiger partial charge in [-0.05, 0) is 34.7 Å². The molecule has 0 amide bonds. The lowest BCUT2D eigenvalue weighted by atomic mass is 9.70. The molecule has 43 heavy (non-hydrogen) atoms. The summed E-state index contributed by atoms with van der Waals surface area (Å²) in [4.78, 5) is 16.1. The number of imidazole rings is 1. The number of hydrogen-bond acceptors (Lipinski definition) is 3. The molecule has 4 heterocycles. The van der Waals surface area contributed by atoms with Crippen molar-refractivity contribution in [3.8, 4) is 17.2 Å². The van der Waals surface area contributed by atoms with Gasteiger partial charge < -0.3 is 0 Å². The van der Waals surface area contributed by atoms with Crippen LogP contribution in [0, 0.1) is 0 Å². The van der Waals surface area contributed by atoms with Crippen LogP contribution in [0.4, 0.5) is 0 Å². The van der Waals surface area contributed by atoms with Gasteiger partial charge in [0.05, 0.1) is 22.2 Å². The first-order valence-electron chi connectivity index (χ1n) is 14.7. The molecule has 9 aromatic rings. The van der Waals surface area contributed by atoms with E-state index in [1.165, 1.54) is 27.5 Å². The van der Waals surface area contributed by atoms with Crippen LogP contribution in [0.15, 0.2) is 115 Å². The molecule has 0 bridgehead atoms. The average molecular weight is 552 g/mol. The second-order valence-corrected chi connectivity index (χ2v) is 12.1. The zero-order valence-electron chi connectivity index (χ0n) is 23.7. The van der Waals surface area contributed by atoms with Crippen LogP contribution >= 0.6 is 0 Å². The molecule has 0 spiro atoms. The van der Waals surface area contributed by atoms with Crippen LogP contribution in [-0.2, 0) is 5.41 Å². The molecular weight excluding hydrogens is 526 g/mol. The Hall–Kier alpha value is -5.55. The van der Waals surface area contributed by atoms with E-state index in [0.717, 1.165) is 55.2 Å². The number of nitrogens with zero attached hydrogens (tertiary/aromatic N) is 5. The summed E-state index contributed by atoms with van der Waals surface area (Å²) in [5, 5.41) is 5.74. The number of hydrogen-bond donors (Lipinski definition) is 0. The predicted molar refractivity (Wildman–Crippen MR) is 175 cm³/mol. The molecule has 202 valence electrons. The Morgan fingerprint density at radius 1 is 0.558 bits per heavy atom. The summed E-state index contributed by atoms with van der Waals surface area (Å²) in [6.45, 7) is 4.60. The van der Waals surface area contributed by atoms with E-state index in [-0.39, 0.29) is 5.41 Å². The first-order valence-corrected chi connectivity index (χ1v) is 14.7. The second-order valence-electron chi connectivity index (χ2n) is 12.1. The third-order valence-electron chi connectivity index (χ3n) is 9.51. The maximum atomic E-state index is 5.42. The van der Waals surface area contributed by atoms with Crippen LogP contribution in [0.25, 0.3) is 77.5 Å². The maximum absolute atomic E-state index is 5.42. The van der Waals surface area contributed by atoms with Gasteiger partial charge in [-0.15, -0.1) is 0 Å². The molecule has 0 aliphatic heterocycles. The Labute approximate surface area is 246 Å². The van der Waals surface area contributed by atoms with Crippen molar-refractivity contribution in [2.45, 2.75) is 19.3 Å². The van der Waals surface area contributed by atoms with Crippen LogP contribution in [0.5, 0.6) is 0 Å². The minimum Gasteiger partial charge on any atom is -0.277 e. The molecule has 0 saturated heterocycles. The molecule has 0 fully saturated rings. The summed E-state index contributed by atoms with van der Waals surface area (Å²) in [6, 6.07) is 40.8. The molecule has 4 aromatic heterocycles. The Kier molecular flexibility index (Phi) is 4.20. The summed E-state index contributed by atoms with van der Waals surface area (Å²) in [5.74, 6) is 0.652. The van der Waals surface area contributed by atoms with Crippen LogP contribution in [0.3, 0.4) is 0 Å². The number of rotatable bonds is 1. The normalized spacial score (nSPS) is 14.0. The SMILES string of the molecule is CC1(C)c2ccccc2-c2nc(-n3c4ccccc4c4nc5c6ccccc6c6ccccc6n5c43)nc3cccc1c23. The Morgan fingerprint density at radius 3 is 2.09 bits per heavy atom. The number of pyridine rings is 1. The van der Waals surface area contributed by atoms with Gasteiger partial charge in [-0.3, -0.25) is 8.97 Å². The van der Waals surface area contributed by atoms with E-state index in [1.54, 1.807) is 0 Å². The van der Waals surface area contributed by atoms with Gasteiger partial charge in [-0.1, -0.05) is 111 Å². The largest absolute Gasteiger partial charge is 0.277 e. The minimum atomic E-state index is -0.150. The Bertz CT molecular complexity index is 2650. The highest BCUT2D eigenvalue weighted by Gasteiger charge is 2.35. The molecule has 5 nitrogen and oxygen atoms in total. The van der Waals surface area contributed by atoms with Gasteiger partial charge in [-0.2, -0.15) is 0 Å². The maximum Gasteiger partial charge on any atom is 0.237 e. The molecular formula is C38H25N5. The summed E-state index contributed by atoms with van der Waals surface area (Å²) in [5.41, 5.74) is 10.5. The van der Waals surface area contributed by atoms with Crippen molar-refractivity contribution in [2.75, 3.05) is 0 Å². The van der Waals surface area contributed by atoms with Gasteiger partial charge in [0.25, 0.3) is 0 Å². The second kappa shape index (κ2) is 7.84. The number of benzene rings is 5. The molecule has 1 aliphatic rings. The fourth-order valence-electron chi connectivity index (χ4n) is 7.57. The van der Waals surface area contributed by atoms with Gasteiger partial charge in [-0.25, -0.2) is 15.0 Å². The van der Waals surface area contributed by atoms with E-state index in [1.807, 2.05) is 0 Å². The molecule has 0 radical (unpaired) electrons. The summed E-state index contributed by atoms with van der Waals surface area (Å²) < 4.78 is 4.52. The fourth-order valence-corrected chi connectivity index (χ4v) is 7.57. The molecule has 10 rings (SSSR count). The minimum absolute atomic E-state index is 0.150. The number of para-hydroxylation sites is 2. The van der Waals surface area contributed by atoms with Gasteiger partial charge in [0, 0.05) is 32.5 Å². The van der Waals surface area contributed by atoms with Gasteiger partial charge in [0.2, 0.25) is 5.95 Å². The van der Waals surface area contributed by atoms with E-state index in [9.17, 15) is 0 Å². The quantitative estimate of drug-likeness (QED) is 0.191. The smallest absolute Gasteiger partial charge is 0.237 e. The average Bonchev–Trinajstić information content (AvgIpc) is 3.59. The Balaban J connectivity index is 1.43. The zero-order valence-corrected chi connectivity index (χ0v) is 23.7. The highest BCUT2D eigenvalue weighted by molar-refractivity contribution is 6.16. The van der Waals surface area contributed by atoms with E-state index < -0.39 is 0 Å². The van der Waals surface area contributed by atoms with E-state index in [0.29, 0.717) is 5.95 Å². The molecule has 0 unspecified atom stereocenters. The van der Waals surface area contributed by atoms with E-state index >= 15 is 0 Å². The summed E-state index contributed by atoms with van der Waals surface area (Å²) in [6.07, 6.45) is 0. The van der Waals surface area contributed by atoms with Crippen LogP contribution in [0.1, 0.15) is 25.0 Å². The molecule has 1 aliphatic carbocycles. The molecule has 0 N–H and O–H groups in total. The van der Waals surface area contributed by atoms with Crippen molar-refractivity contribution < 1.29 is 0 Å². The van der Waals surface area contributed by atoms with E-state index in [4.69, 9.17) is 15.0 Å². The van der Waals surface area contributed by atoms with Crippen LogP contribution in [0.2, 0.25) is 0 Å². The van der Waals surface area contributed by atoms with Crippen molar-refractivity contribution in [2.24, 2.45) is 0 Å². The lowest BCUT2D eigenvalue weighted by molar-refractivity contribution is 0.643. The lowest BCUT2D eigenvalue weighted by Gasteiger charge is -2.34. The lowest BCUT2D eigenvalue weighted by Crippen LogP contribution is -2.24. The van der Waals surface area contributed by atoms with Crippen molar-refractivity contribution in [3.05, 3.63) is 126 Å². The third kappa shape index (κ3) is 2.79. The van der Waals surface area contributed by atoms with Crippen LogP contribution in [-0.4, -0.2) is 23.9 Å². The molecule has 0 saturated carbocycles. The first-order chi connectivity index (χ1) is 21.1. The van der Waals surface area contributed by atoms with Crippen molar-refractivity contribution in [1.82, 2.24) is 23.9 Å². The summed E-state index contributed by atoms with van der Waals surface area (Å²) in [7, 11) is 0. The molecule has 0 atom stereocenters. The highest BCUT2D eigenvalue weighted by atomic mass is 15.2. The van der Waals surface area contributed by atoms with Crippen LogP contribution < -0.4 is 0 Å². The van der Waals surface area contributed by atoms with E-state index in [2.05, 4.69) is 138 Å². The summed E-state index contributed by atoms with van der Waals surface area (Å²) >= 11 is 0. The highest BCUT2D eigenvalue weighted by Crippen LogP contribution is 2.48. The molecule has 5 heteroatoms. The topological polar surface area (TPSA) is 48.0 Å². The molecule has 5 aromatic carbocycles. The van der Waals surface area contributed by atoms with Crippen molar-refractivity contribution in [1.29, 1.82) is 0 Å². The fraction of sp³-hybridized carbons (Fsp3) is 0.0789. The predicted octanol–water partition coefficient (Wildman–Crippen LogP) is 8.99. The zero-order chi connectivity index (χ0) is 28.4. The number of aromatic nitrogens is 5. The Morgan fingerprint density at radius 2 is 1.23 bits per heavy atom. The van der Waals surface area contributed by atoms with Crippen molar-refractivity contribution >= 4 is 60.3 Å². The van der Waals surface area contributed by atoms with Crippen molar-refractivity contribution in [3.63, 3.8) is 0 Å². The van der Waals surface area contributed by atoms with Gasteiger partial charge in [0.15, 0.2) is 5.65 Å².